The summed E-state index contributed by atoms with van der Waals surface area (Å²) in [5.41, 5.74) is 0.446. The average Bonchev–Trinajstić information content (AvgIpc) is 2.13. The average molecular weight is 200 g/mol. The van der Waals surface area contributed by atoms with Gasteiger partial charge in [-0.25, -0.2) is 0 Å². The molecule has 0 amide bonds. The third-order valence-electron chi connectivity index (χ3n) is 2.87. The fourth-order valence-corrected chi connectivity index (χ4v) is 1.32. The highest BCUT2D eigenvalue weighted by molar-refractivity contribution is 4.70. The van der Waals surface area contributed by atoms with Gasteiger partial charge in [0.25, 0.3) is 0 Å². The second-order valence-electron chi connectivity index (χ2n) is 4.94. The minimum Gasteiger partial charge on any atom is -0.316 e. The molecule has 0 spiro atoms. The van der Waals surface area contributed by atoms with Crippen LogP contribution in [0, 0.1) is 5.41 Å². The number of nitrogens with one attached hydrogen (secondary N) is 2. The van der Waals surface area contributed by atoms with E-state index in [0.717, 1.165) is 19.6 Å². The van der Waals surface area contributed by atoms with E-state index in [1.165, 1.54) is 12.8 Å². The normalized spacial score (nSPS) is 14.4. The van der Waals surface area contributed by atoms with Gasteiger partial charge in [0.05, 0.1) is 0 Å². The van der Waals surface area contributed by atoms with Gasteiger partial charge in [0, 0.05) is 12.6 Å². The van der Waals surface area contributed by atoms with E-state index in [0.29, 0.717) is 11.5 Å². The van der Waals surface area contributed by atoms with E-state index in [2.05, 4.69) is 45.3 Å². The molecule has 1 unspecified atom stereocenters. The summed E-state index contributed by atoms with van der Waals surface area (Å²) in [6.07, 6.45) is 2.45. The highest BCUT2D eigenvalue weighted by atomic mass is 14.9. The van der Waals surface area contributed by atoms with E-state index in [1.54, 1.807) is 0 Å². The van der Waals surface area contributed by atoms with Crippen molar-refractivity contribution < 1.29 is 0 Å². The molecular formula is C12H28N2. The van der Waals surface area contributed by atoms with Crippen molar-refractivity contribution in [2.75, 3.05) is 19.6 Å². The Morgan fingerprint density at radius 1 is 1.21 bits per heavy atom. The largest absolute Gasteiger partial charge is 0.316 e. The van der Waals surface area contributed by atoms with Gasteiger partial charge in [-0.05, 0) is 38.3 Å². The molecule has 0 radical (unpaired) electrons. The first-order valence-electron chi connectivity index (χ1n) is 5.96. The zero-order valence-electron chi connectivity index (χ0n) is 10.6. The Morgan fingerprint density at radius 3 is 2.36 bits per heavy atom. The molecule has 2 nitrogen and oxygen atoms in total. The van der Waals surface area contributed by atoms with Gasteiger partial charge in [-0.1, -0.05) is 27.7 Å². The highest BCUT2D eigenvalue weighted by Crippen LogP contribution is 2.17. The van der Waals surface area contributed by atoms with Crippen molar-refractivity contribution in [3.8, 4) is 0 Å². The Hall–Kier alpha value is -0.0800. The van der Waals surface area contributed by atoms with Crippen LogP contribution in [0.1, 0.15) is 47.5 Å². The van der Waals surface area contributed by atoms with Crippen LogP contribution in [0.25, 0.3) is 0 Å². The van der Waals surface area contributed by atoms with Crippen molar-refractivity contribution in [3.05, 3.63) is 0 Å². The molecule has 1 atom stereocenters. The molecule has 0 fully saturated rings. The van der Waals surface area contributed by atoms with Crippen molar-refractivity contribution in [1.29, 1.82) is 0 Å². The Labute approximate surface area is 89.9 Å². The van der Waals surface area contributed by atoms with Crippen LogP contribution in [0.4, 0.5) is 0 Å². The fourth-order valence-electron chi connectivity index (χ4n) is 1.32. The maximum absolute atomic E-state index is 3.53. The summed E-state index contributed by atoms with van der Waals surface area (Å²) >= 11 is 0. The van der Waals surface area contributed by atoms with Crippen LogP contribution in [0.2, 0.25) is 0 Å². The van der Waals surface area contributed by atoms with E-state index < -0.39 is 0 Å². The number of hydrogen-bond donors (Lipinski definition) is 2. The molecule has 0 aromatic rings. The zero-order chi connectivity index (χ0) is 11.0. The highest BCUT2D eigenvalue weighted by Gasteiger charge is 2.13. The SMILES string of the molecule is CCNC(C)CCNCC(C)(C)CC. The van der Waals surface area contributed by atoms with E-state index >= 15 is 0 Å². The molecule has 0 rings (SSSR count). The van der Waals surface area contributed by atoms with Gasteiger partial charge in [-0.15, -0.1) is 0 Å². The summed E-state index contributed by atoms with van der Waals surface area (Å²) in [7, 11) is 0. The lowest BCUT2D eigenvalue weighted by molar-refractivity contribution is 0.324. The summed E-state index contributed by atoms with van der Waals surface area (Å²) in [4.78, 5) is 0. The zero-order valence-corrected chi connectivity index (χ0v) is 10.6. The molecule has 0 aliphatic rings. The van der Waals surface area contributed by atoms with Crippen LogP contribution in [0.15, 0.2) is 0 Å². The predicted molar refractivity (Wildman–Crippen MR) is 64.7 cm³/mol. The summed E-state index contributed by atoms with van der Waals surface area (Å²) in [5.74, 6) is 0. The molecule has 0 aromatic carbocycles. The lowest BCUT2D eigenvalue weighted by Crippen LogP contribution is -2.33. The van der Waals surface area contributed by atoms with Gasteiger partial charge in [-0.3, -0.25) is 0 Å². The van der Waals surface area contributed by atoms with Gasteiger partial charge in [0.1, 0.15) is 0 Å². The molecule has 0 bridgehead atoms. The topological polar surface area (TPSA) is 24.1 Å². The van der Waals surface area contributed by atoms with Crippen LogP contribution < -0.4 is 10.6 Å². The van der Waals surface area contributed by atoms with Crippen LogP contribution in [-0.2, 0) is 0 Å². The molecular weight excluding hydrogens is 172 g/mol. The van der Waals surface area contributed by atoms with Gasteiger partial charge in [0.2, 0.25) is 0 Å². The second-order valence-corrected chi connectivity index (χ2v) is 4.94. The smallest absolute Gasteiger partial charge is 0.00506 e. The first-order valence-corrected chi connectivity index (χ1v) is 5.96. The third-order valence-corrected chi connectivity index (χ3v) is 2.87. The van der Waals surface area contributed by atoms with Crippen LogP contribution in [0.5, 0.6) is 0 Å². The lowest BCUT2D eigenvalue weighted by atomic mass is 9.90. The maximum Gasteiger partial charge on any atom is 0.00506 e. The van der Waals surface area contributed by atoms with Crippen LogP contribution >= 0.6 is 0 Å². The van der Waals surface area contributed by atoms with Gasteiger partial charge >= 0.3 is 0 Å². The molecule has 0 aromatic heterocycles. The predicted octanol–water partition coefficient (Wildman–Crippen LogP) is 2.40. The second kappa shape index (κ2) is 7.24. The molecule has 0 saturated carbocycles. The summed E-state index contributed by atoms with van der Waals surface area (Å²) < 4.78 is 0. The van der Waals surface area contributed by atoms with E-state index in [-0.39, 0.29) is 0 Å². The number of hydrogen-bond acceptors (Lipinski definition) is 2. The summed E-state index contributed by atoms with van der Waals surface area (Å²) in [6.45, 7) is 14.6. The van der Waals surface area contributed by atoms with Crippen molar-refractivity contribution in [1.82, 2.24) is 10.6 Å². The first kappa shape index (κ1) is 13.9. The standard InChI is InChI=1S/C12H28N2/c1-6-12(4,5)10-13-9-8-11(3)14-7-2/h11,13-14H,6-10H2,1-5H3. The molecule has 0 aliphatic heterocycles. The Balaban J connectivity index is 3.37. The van der Waals surface area contributed by atoms with E-state index in [4.69, 9.17) is 0 Å². The quantitative estimate of drug-likeness (QED) is 0.588. The maximum atomic E-state index is 3.53. The van der Waals surface area contributed by atoms with Crippen molar-refractivity contribution in [2.45, 2.75) is 53.5 Å². The molecule has 14 heavy (non-hydrogen) atoms. The van der Waals surface area contributed by atoms with E-state index in [1.807, 2.05) is 0 Å². The van der Waals surface area contributed by atoms with Gasteiger partial charge < -0.3 is 10.6 Å². The molecule has 0 aliphatic carbocycles. The van der Waals surface area contributed by atoms with Crippen molar-refractivity contribution >= 4 is 0 Å². The van der Waals surface area contributed by atoms with E-state index in [9.17, 15) is 0 Å². The summed E-state index contributed by atoms with van der Waals surface area (Å²) in [5, 5.41) is 6.94. The minimum absolute atomic E-state index is 0.446. The van der Waals surface area contributed by atoms with Gasteiger partial charge in [-0.2, -0.15) is 0 Å². The van der Waals surface area contributed by atoms with Crippen molar-refractivity contribution in [3.63, 3.8) is 0 Å². The van der Waals surface area contributed by atoms with Crippen molar-refractivity contribution in [2.24, 2.45) is 5.41 Å². The molecule has 86 valence electrons. The first-order chi connectivity index (χ1) is 6.52. The summed E-state index contributed by atoms with van der Waals surface area (Å²) in [6, 6.07) is 0.636. The molecule has 2 N–H and O–H groups in total. The minimum atomic E-state index is 0.446. The number of rotatable bonds is 8. The monoisotopic (exact) mass is 200 g/mol. The molecule has 0 saturated heterocycles. The third kappa shape index (κ3) is 7.34. The Bertz CT molecular complexity index is 132. The van der Waals surface area contributed by atoms with Crippen LogP contribution in [-0.4, -0.2) is 25.7 Å². The Morgan fingerprint density at radius 2 is 1.86 bits per heavy atom. The molecule has 0 heterocycles. The lowest BCUT2D eigenvalue weighted by Gasteiger charge is -2.23. The van der Waals surface area contributed by atoms with Gasteiger partial charge in [0.15, 0.2) is 0 Å². The Kier molecular flexibility index (Phi) is 7.20. The molecule has 2 heteroatoms. The van der Waals surface area contributed by atoms with Crippen LogP contribution in [0.3, 0.4) is 0 Å². The fraction of sp³-hybridized carbons (Fsp3) is 1.00.